The second kappa shape index (κ2) is 9.97. The molecule has 0 N–H and O–H groups in total. The summed E-state index contributed by atoms with van der Waals surface area (Å²) in [5.41, 5.74) is 0. The van der Waals surface area contributed by atoms with Gasteiger partial charge in [0.05, 0.1) is 0 Å². The molecule has 0 rings (SSSR count). The van der Waals surface area contributed by atoms with Crippen molar-refractivity contribution < 1.29 is 9.63 Å². The Morgan fingerprint density at radius 3 is 1.80 bits per heavy atom. The second-order valence-corrected chi connectivity index (χ2v) is 3.93. The van der Waals surface area contributed by atoms with Crippen molar-refractivity contribution in [2.75, 3.05) is 13.1 Å². The molecule has 0 bridgehead atoms. The molecule has 0 amide bonds. The minimum atomic E-state index is -0.206. The number of rotatable bonds is 9. The van der Waals surface area contributed by atoms with Crippen LogP contribution in [0.15, 0.2) is 0 Å². The summed E-state index contributed by atoms with van der Waals surface area (Å²) in [6.45, 7) is 7.56. The molecule has 0 unspecified atom stereocenters. The molecule has 3 nitrogen and oxygen atoms in total. The number of hydrogen-bond donors (Lipinski definition) is 0. The summed E-state index contributed by atoms with van der Waals surface area (Å²) in [5, 5.41) is 1.81. The number of unbranched alkanes of at least 4 members (excludes halogenated alkanes) is 4. The number of nitrogens with zero attached hydrogens (tertiary/aromatic N) is 1. The van der Waals surface area contributed by atoms with E-state index in [0.717, 1.165) is 25.9 Å². The lowest BCUT2D eigenvalue weighted by molar-refractivity contribution is -0.188. The van der Waals surface area contributed by atoms with E-state index in [1.807, 2.05) is 5.06 Å². The normalized spacial score (nSPS) is 10.7. The summed E-state index contributed by atoms with van der Waals surface area (Å²) in [4.78, 5) is 16.0. The predicted octanol–water partition coefficient (Wildman–Crippen LogP) is 3.15. The number of hydroxylamine groups is 2. The smallest absolute Gasteiger partial charge is 0.322 e. The van der Waals surface area contributed by atoms with E-state index in [1.54, 1.807) is 0 Å². The van der Waals surface area contributed by atoms with Gasteiger partial charge in [0.2, 0.25) is 0 Å². The summed E-state index contributed by atoms with van der Waals surface area (Å²) in [5.74, 6) is -0.206. The van der Waals surface area contributed by atoms with Gasteiger partial charge >= 0.3 is 5.97 Å². The third kappa shape index (κ3) is 9.73. The van der Waals surface area contributed by atoms with Crippen LogP contribution in [0.4, 0.5) is 0 Å². The van der Waals surface area contributed by atoms with E-state index in [2.05, 4.69) is 13.8 Å². The highest BCUT2D eigenvalue weighted by Gasteiger charge is 2.07. The van der Waals surface area contributed by atoms with Crippen molar-refractivity contribution in [1.82, 2.24) is 5.06 Å². The fraction of sp³-hybridized carbons (Fsp3) is 0.917. The molecule has 3 heteroatoms. The largest absolute Gasteiger partial charge is 0.368 e. The van der Waals surface area contributed by atoms with Crippen LogP contribution in [-0.2, 0) is 9.63 Å². The summed E-state index contributed by atoms with van der Waals surface area (Å²) in [6.07, 6.45) is 7.01. The van der Waals surface area contributed by atoms with Crippen molar-refractivity contribution in [3.8, 4) is 0 Å². The third-order valence-corrected chi connectivity index (χ3v) is 2.28. The zero-order chi connectivity index (χ0) is 11.5. The number of hydrogen-bond acceptors (Lipinski definition) is 3. The number of carbonyl (C=O) groups excluding carboxylic acids is 1. The van der Waals surface area contributed by atoms with Gasteiger partial charge in [-0.15, -0.1) is 5.06 Å². The Kier molecular flexibility index (Phi) is 9.59. The van der Waals surface area contributed by atoms with E-state index in [0.29, 0.717) is 0 Å². The molecule has 0 radical (unpaired) electrons. The van der Waals surface area contributed by atoms with Crippen LogP contribution in [0, 0.1) is 0 Å². The first-order valence-electron chi connectivity index (χ1n) is 6.14. The van der Waals surface area contributed by atoms with Crippen molar-refractivity contribution >= 4 is 5.97 Å². The topological polar surface area (TPSA) is 29.5 Å². The van der Waals surface area contributed by atoms with Crippen LogP contribution >= 0.6 is 0 Å². The van der Waals surface area contributed by atoms with Crippen molar-refractivity contribution in [2.24, 2.45) is 0 Å². The van der Waals surface area contributed by atoms with Crippen LogP contribution in [0.25, 0.3) is 0 Å². The highest BCUT2D eigenvalue weighted by atomic mass is 16.7. The molecule has 0 aromatic carbocycles. The Hall–Kier alpha value is -0.570. The van der Waals surface area contributed by atoms with Gasteiger partial charge in [-0.05, 0) is 12.8 Å². The Labute approximate surface area is 93.7 Å². The lowest BCUT2D eigenvalue weighted by Crippen LogP contribution is -2.28. The maximum Gasteiger partial charge on any atom is 0.322 e. The maximum atomic E-state index is 10.9. The molecule has 0 aromatic heterocycles. The van der Waals surface area contributed by atoms with Crippen LogP contribution in [0.5, 0.6) is 0 Å². The van der Waals surface area contributed by atoms with E-state index in [1.165, 1.54) is 32.6 Å². The van der Waals surface area contributed by atoms with Crippen LogP contribution < -0.4 is 0 Å². The van der Waals surface area contributed by atoms with Crippen LogP contribution in [-0.4, -0.2) is 24.1 Å². The fourth-order valence-electron chi connectivity index (χ4n) is 1.46. The lowest BCUT2D eigenvalue weighted by atomic mass is 10.2. The standard InChI is InChI=1S/C12H25NO2/c1-4-6-8-10-13(15-12(3)14)11-9-7-5-2/h4-11H2,1-3H3. The zero-order valence-corrected chi connectivity index (χ0v) is 10.4. The Morgan fingerprint density at radius 1 is 1.00 bits per heavy atom. The molecule has 0 spiro atoms. The molecule has 0 atom stereocenters. The molecule has 0 aromatic rings. The van der Waals surface area contributed by atoms with Crippen LogP contribution in [0.2, 0.25) is 0 Å². The zero-order valence-electron chi connectivity index (χ0n) is 10.4. The molecule has 0 aliphatic carbocycles. The van der Waals surface area contributed by atoms with E-state index in [-0.39, 0.29) is 5.97 Å². The second-order valence-electron chi connectivity index (χ2n) is 3.93. The highest BCUT2D eigenvalue weighted by Crippen LogP contribution is 2.03. The van der Waals surface area contributed by atoms with Crippen molar-refractivity contribution in [1.29, 1.82) is 0 Å². The van der Waals surface area contributed by atoms with Gasteiger partial charge in [-0.3, -0.25) is 4.79 Å². The van der Waals surface area contributed by atoms with Gasteiger partial charge in [-0.1, -0.05) is 39.5 Å². The molecule has 0 fully saturated rings. The first-order chi connectivity index (χ1) is 7.20. The summed E-state index contributed by atoms with van der Waals surface area (Å²) in [7, 11) is 0. The van der Waals surface area contributed by atoms with E-state index in [9.17, 15) is 4.79 Å². The molecule has 0 saturated carbocycles. The van der Waals surface area contributed by atoms with Gasteiger partial charge in [-0.25, -0.2) is 0 Å². The molecule has 0 heterocycles. The maximum absolute atomic E-state index is 10.9. The Morgan fingerprint density at radius 2 is 1.47 bits per heavy atom. The fourth-order valence-corrected chi connectivity index (χ4v) is 1.46. The van der Waals surface area contributed by atoms with Gasteiger partial charge in [0.25, 0.3) is 0 Å². The molecule has 15 heavy (non-hydrogen) atoms. The molecular formula is C12H25NO2. The molecule has 0 aliphatic rings. The highest BCUT2D eigenvalue weighted by molar-refractivity contribution is 5.65. The average molecular weight is 215 g/mol. The van der Waals surface area contributed by atoms with Crippen LogP contribution in [0.1, 0.15) is 59.3 Å². The molecule has 0 saturated heterocycles. The van der Waals surface area contributed by atoms with Crippen molar-refractivity contribution in [3.63, 3.8) is 0 Å². The first-order valence-corrected chi connectivity index (χ1v) is 6.14. The number of carbonyl (C=O) groups is 1. The van der Waals surface area contributed by atoms with Gasteiger partial charge < -0.3 is 4.84 Å². The summed E-state index contributed by atoms with van der Waals surface area (Å²) in [6, 6.07) is 0. The summed E-state index contributed by atoms with van der Waals surface area (Å²) >= 11 is 0. The first kappa shape index (κ1) is 14.4. The Balaban J connectivity index is 3.68. The minimum absolute atomic E-state index is 0.206. The van der Waals surface area contributed by atoms with Crippen molar-refractivity contribution in [3.05, 3.63) is 0 Å². The molecule has 90 valence electrons. The van der Waals surface area contributed by atoms with E-state index < -0.39 is 0 Å². The van der Waals surface area contributed by atoms with Gasteiger partial charge in [0.1, 0.15) is 0 Å². The minimum Gasteiger partial charge on any atom is -0.368 e. The molecule has 0 aliphatic heterocycles. The summed E-state index contributed by atoms with van der Waals surface area (Å²) < 4.78 is 0. The van der Waals surface area contributed by atoms with Gasteiger partial charge in [0, 0.05) is 20.0 Å². The van der Waals surface area contributed by atoms with Gasteiger partial charge in [-0.2, -0.15) is 0 Å². The van der Waals surface area contributed by atoms with E-state index >= 15 is 0 Å². The Bertz CT molecular complexity index is 150. The van der Waals surface area contributed by atoms with Crippen molar-refractivity contribution in [2.45, 2.75) is 59.3 Å². The molecular weight excluding hydrogens is 190 g/mol. The predicted molar refractivity (Wildman–Crippen MR) is 62.4 cm³/mol. The SMILES string of the molecule is CCCCCN(CCCCC)OC(C)=O. The van der Waals surface area contributed by atoms with E-state index in [4.69, 9.17) is 4.84 Å². The lowest BCUT2D eigenvalue weighted by Gasteiger charge is -2.20. The third-order valence-electron chi connectivity index (χ3n) is 2.28. The van der Waals surface area contributed by atoms with Crippen LogP contribution in [0.3, 0.4) is 0 Å². The quantitative estimate of drug-likeness (QED) is 0.437. The monoisotopic (exact) mass is 215 g/mol. The van der Waals surface area contributed by atoms with Gasteiger partial charge in [0.15, 0.2) is 0 Å². The average Bonchev–Trinajstić information content (AvgIpc) is 2.17.